The lowest BCUT2D eigenvalue weighted by atomic mass is 9.85. The van der Waals surface area contributed by atoms with Crippen LogP contribution < -0.4 is 5.73 Å². The number of anilines is 1. The van der Waals surface area contributed by atoms with E-state index in [2.05, 4.69) is 15.1 Å². The molecule has 10 heteroatoms. The van der Waals surface area contributed by atoms with Crippen molar-refractivity contribution in [3.05, 3.63) is 53.9 Å². The zero-order valence-corrected chi connectivity index (χ0v) is 20.3. The number of imidazole rings is 1. The second-order valence-corrected chi connectivity index (χ2v) is 10.5. The average molecular weight is 502 g/mol. The minimum absolute atomic E-state index is 0.113. The molecule has 9 nitrogen and oxygen atoms in total. The molecule has 2 aliphatic heterocycles. The Morgan fingerprint density at radius 3 is 2.57 bits per heavy atom. The Morgan fingerprint density at radius 1 is 1.14 bits per heavy atom. The van der Waals surface area contributed by atoms with Gasteiger partial charge in [-0.3, -0.25) is 4.79 Å². The summed E-state index contributed by atoms with van der Waals surface area (Å²) < 4.78 is 16.8. The number of hydrogen-bond acceptors (Lipinski definition) is 6. The topological polar surface area (TPSA) is 125 Å². The summed E-state index contributed by atoms with van der Waals surface area (Å²) in [5.41, 5.74) is 11.2. The molecule has 1 aromatic carbocycles. The molecular weight excluding hydrogens is 473 g/mol. The fraction of sp³-hybridized carbons (Fsp3) is 0.407. The number of piperidine rings is 1. The minimum Gasteiger partial charge on any atom is -0.387 e. The molecular formula is C27H28FN7O2. The largest absolute Gasteiger partial charge is 0.387 e. The third-order valence-corrected chi connectivity index (χ3v) is 8.31. The maximum atomic E-state index is 15.1. The predicted molar refractivity (Wildman–Crippen MR) is 135 cm³/mol. The molecule has 190 valence electrons. The van der Waals surface area contributed by atoms with Crippen LogP contribution in [0.4, 0.5) is 10.2 Å². The summed E-state index contributed by atoms with van der Waals surface area (Å²) in [5, 5.41) is 14.0. The van der Waals surface area contributed by atoms with Gasteiger partial charge in [0.15, 0.2) is 5.65 Å². The average Bonchev–Trinajstić information content (AvgIpc) is 3.29. The highest BCUT2D eigenvalue weighted by Crippen LogP contribution is 2.50. The third-order valence-electron chi connectivity index (χ3n) is 8.31. The highest BCUT2D eigenvalue weighted by Gasteiger charge is 2.45. The summed E-state index contributed by atoms with van der Waals surface area (Å²) in [4.78, 5) is 26.5. The van der Waals surface area contributed by atoms with Crippen molar-refractivity contribution in [1.29, 1.82) is 0 Å². The minimum atomic E-state index is -0.448. The van der Waals surface area contributed by atoms with E-state index in [0.717, 1.165) is 55.3 Å². The van der Waals surface area contributed by atoms with Gasteiger partial charge in [0.05, 0.1) is 17.5 Å². The van der Waals surface area contributed by atoms with Crippen molar-refractivity contribution in [2.75, 3.05) is 12.3 Å². The molecule has 1 saturated carbocycles. The number of aliphatic hydroxyl groups is 1. The lowest BCUT2D eigenvalue weighted by Crippen LogP contribution is -2.47. The molecule has 4 aromatic rings. The van der Waals surface area contributed by atoms with E-state index < -0.39 is 6.61 Å². The van der Waals surface area contributed by atoms with Gasteiger partial charge in [-0.15, -0.1) is 0 Å². The van der Waals surface area contributed by atoms with E-state index in [9.17, 15) is 9.90 Å². The Balaban J connectivity index is 1.31. The molecule has 2 saturated heterocycles. The highest BCUT2D eigenvalue weighted by atomic mass is 19.1. The SMILES string of the molecule is Nc1c(C2CC2)c(C2CC3CCC(C2)N3C(=O)CO)nc2c(-c3ccc(-c4ncc[nH]4)c(F)c3)cnn12. The van der Waals surface area contributed by atoms with Gasteiger partial charge in [-0.1, -0.05) is 6.07 Å². The van der Waals surface area contributed by atoms with Crippen LogP contribution in [0.5, 0.6) is 0 Å². The van der Waals surface area contributed by atoms with Crippen LogP contribution in [0.2, 0.25) is 0 Å². The Kier molecular flexibility index (Phi) is 5.07. The molecule has 5 heterocycles. The second-order valence-electron chi connectivity index (χ2n) is 10.5. The van der Waals surface area contributed by atoms with E-state index in [4.69, 9.17) is 10.7 Å². The van der Waals surface area contributed by atoms with Crippen molar-refractivity contribution >= 4 is 17.4 Å². The van der Waals surface area contributed by atoms with Crippen molar-refractivity contribution in [1.82, 2.24) is 29.5 Å². The Morgan fingerprint density at radius 2 is 1.92 bits per heavy atom. The van der Waals surface area contributed by atoms with Crippen LogP contribution in [0.15, 0.2) is 36.8 Å². The molecule has 1 amide bonds. The standard InChI is InChI=1S/C27H28FN7O2/c28-21-11-15(3-6-19(21)26-30-7-8-31-26)20-12-32-35-25(29)23(14-1-2-14)24(33-27(20)35)16-9-17-4-5-18(10-16)34(17)22(37)13-36/h3,6-8,11-12,14,16-18,36H,1-2,4-5,9-10,13,29H2,(H,30,31). The molecule has 1 aliphatic carbocycles. The summed E-state index contributed by atoms with van der Waals surface area (Å²) in [6.07, 6.45) is 10.6. The van der Waals surface area contributed by atoms with E-state index in [-0.39, 0.29) is 29.7 Å². The monoisotopic (exact) mass is 501 g/mol. The Labute approximate surface area is 212 Å². The molecule has 2 bridgehead atoms. The third kappa shape index (κ3) is 3.53. The fourth-order valence-corrected chi connectivity index (χ4v) is 6.53. The van der Waals surface area contributed by atoms with E-state index in [0.29, 0.717) is 34.3 Å². The number of halogens is 1. The number of nitrogens with two attached hydrogens (primary N) is 1. The van der Waals surface area contributed by atoms with Crippen molar-refractivity contribution < 1.29 is 14.3 Å². The molecule has 2 unspecified atom stereocenters. The van der Waals surface area contributed by atoms with Crippen LogP contribution in [0.25, 0.3) is 28.2 Å². The summed E-state index contributed by atoms with van der Waals surface area (Å²) in [7, 11) is 0. The number of hydrogen-bond donors (Lipinski definition) is 3. The molecule has 4 N–H and O–H groups in total. The van der Waals surface area contributed by atoms with Crippen molar-refractivity contribution in [3.8, 4) is 22.5 Å². The molecule has 37 heavy (non-hydrogen) atoms. The van der Waals surface area contributed by atoms with Gasteiger partial charge in [0.1, 0.15) is 24.1 Å². The number of aliphatic hydroxyl groups excluding tert-OH is 1. The molecule has 3 fully saturated rings. The van der Waals surface area contributed by atoms with Crippen molar-refractivity contribution in [2.24, 2.45) is 0 Å². The Bertz CT molecular complexity index is 1500. The predicted octanol–water partition coefficient (Wildman–Crippen LogP) is 3.61. The van der Waals surface area contributed by atoms with E-state index in [1.807, 2.05) is 11.0 Å². The van der Waals surface area contributed by atoms with Gasteiger partial charge >= 0.3 is 0 Å². The first-order chi connectivity index (χ1) is 18.0. The van der Waals surface area contributed by atoms with E-state index >= 15 is 4.39 Å². The lowest BCUT2D eigenvalue weighted by molar-refractivity contribution is -0.138. The number of benzene rings is 1. The van der Waals surface area contributed by atoms with Crippen molar-refractivity contribution in [2.45, 2.75) is 62.4 Å². The van der Waals surface area contributed by atoms with Gasteiger partial charge in [-0.05, 0) is 62.1 Å². The molecule has 0 spiro atoms. The number of H-pyrrole nitrogens is 1. The first kappa shape index (κ1) is 22.4. The lowest BCUT2D eigenvalue weighted by Gasteiger charge is -2.39. The molecule has 3 aliphatic rings. The van der Waals surface area contributed by atoms with Gasteiger partial charge in [0.25, 0.3) is 0 Å². The summed E-state index contributed by atoms with van der Waals surface area (Å²) in [5.74, 6) is 1.05. The number of nitrogens with one attached hydrogen (secondary N) is 1. The van der Waals surface area contributed by atoms with Gasteiger partial charge < -0.3 is 20.7 Å². The number of nitrogen functional groups attached to an aromatic ring is 1. The zero-order chi connectivity index (χ0) is 25.3. The number of rotatable bonds is 5. The van der Waals surface area contributed by atoms with Crippen LogP contribution >= 0.6 is 0 Å². The van der Waals surface area contributed by atoms with Gasteiger partial charge in [-0.25, -0.2) is 14.4 Å². The fourth-order valence-electron chi connectivity index (χ4n) is 6.53. The number of fused-ring (bicyclic) bond motifs is 3. The molecule has 0 radical (unpaired) electrons. The van der Waals surface area contributed by atoms with E-state index in [1.54, 1.807) is 29.2 Å². The number of carbonyl (C=O) groups excluding carboxylic acids is 1. The zero-order valence-electron chi connectivity index (χ0n) is 20.3. The molecule has 3 aromatic heterocycles. The first-order valence-corrected chi connectivity index (χ1v) is 12.9. The summed E-state index contributed by atoms with van der Waals surface area (Å²) >= 11 is 0. The maximum Gasteiger partial charge on any atom is 0.248 e. The summed E-state index contributed by atoms with van der Waals surface area (Å²) in [6, 6.07) is 5.27. The number of aromatic nitrogens is 5. The first-order valence-electron chi connectivity index (χ1n) is 12.9. The van der Waals surface area contributed by atoms with Crippen molar-refractivity contribution in [3.63, 3.8) is 0 Å². The van der Waals surface area contributed by atoms with Crippen LogP contribution in [0, 0.1) is 5.82 Å². The van der Waals surface area contributed by atoms with E-state index in [1.165, 1.54) is 6.07 Å². The normalized spacial score (nSPS) is 23.2. The molecule has 2 atom stereocenters. The van der Waals surface area contributed by atoms with Crippen LogP contribution in [0.3, 0.4) is 0 Å². The quantitative estimate of drug-likeness (QED) is 0.384. The number of carbonyl (C=O) groups is 1. The second kappa shape index (κ2) is 8.37. The van der Waals surface area contributed by atoms with Gasteiger partial charge in [0.2, 0.25) is 5.91 Å². The highest BCUT2D eigenvalue weighted by molar-refractivity contribution is 5.80. The van der Waals surface area contributed by atoms with Gasteiger partial charge in [-0.2, -0.15) is 9.61 Å². The summed E-state index contributed by atoms with van der Waals surface area (Å²) in [6.45, 7) is -0.448. The van der Waals surface area contributed by atoms with Crippen LogP contribution in [-0.2, 0) is 4.79 Å². The Hall–Kier alpha value is -3.79. The van der Waals surface area contributed by atoms with Crippen LogP contribution in [0.1, 0.15) is 61.6 Å². The maximum absolute atomic E-state index is 15.1. The number of amides is 1. The van der Waals surface area contributed by atoms with Crippen LogP contribution in [-0.4, -0.2) is 59.2 Å². The van der Waals surface area contributed by atoms with Gasteiger partial charge in [0, 0.05) is 41.5 Å². The smallest absolute Gasteiger partial charge is 0.248 e. The number of nitrogens with zero attached hydrogens (tertiary/aromatic N) is 5. The number of aromatic amines is 1. The molecule has 7 rings (SSSR count).